The average Bonchev–Trinajstić information content (AvgIpc) is 2.54. The third kappa shape index (κ3) is 5.21. The third-order valence-electron chi connectivity index (χ3n) is 3.69. The molecular formula is C17H25N3O. The molecule has 0 aliphatic heterocycles. The average molecular weight is 287 g/mol. The van der Waals surface area contributed by atoms with Crippen LogP contribution < -0.4 is 10.6 Å². The molecule has 2 N–H and O–H groups in total. The van der Waals surface area contributed by atoms with E-state index in [0.29, 0.717) is 12.2 Å². The van der Waals surface area contributed by atoms with Crippen LogP contribution in [0.25, 0.3) is 0 Å². The molecule has 21 heavy (non-hydrogen) atoms. The van der Waals surface area contributed by atoms with E-state index in [1.54, 1.807) is 17.8 Å². The van der Waals surface area contributed by atoms with Crippen molar-refractivity contribution in [3.8, 4) is 0 Å². The van der Waals surface area contributed by atoms with Gasteiger partial charge in [-0.3, -0.25) is 4.79 Å². The number of nitrogens with one attached hydrogen (secondary N) is 2. The molecule has 0 spiro atoms. The van der Waals surface area contributed by atoms with Gasteiger partial charge in [0.1, 0.15) is 5.69 Å². The number of carbonyl (C=O) groups is 1. The number of carbonyl (C=O) groups excluding carboxylic acids is 1. The molecule has 0 unspecified atom stereocenters. The predicted molar refractivity (Wildman–Crippen MR) is 86.5 cm³/mol. The maximum atomic E-state index is 11.7. The van der Waals surface area contributed by atoms with E-state index in [1.165, 1.54) is 25.7 Å². The molecule has 1 aromatic heterocycles. The van der Waals surface area contributed by atoms with Crippen LogP contribution in [0.1, 0.15) is 55.9 Å². The molecule has 0 fully saturated rings. The Bertz CT molecular complexity index is 479. The number of aromatic nitrogens is 1. The molecule has 4 heteroatoms. The van der Waals surface area contributed by atoms with Gasteiger partial charge in [0.15, 0.2) is 0 Å². The molecule has 1 aromatic rings. The van der Waals surface area contributed by atoms with Crippen LogP contribution in [0.2, 0.25) is 0 Å². The van der Waals surface area contributed by atoms with Crippen molar-refractivity contribution in [2.75, 3.05) is 18.4 Å². The van der Waals surface area contributed by atoms with Crippen LogP contribution in [-0.4, -0.2) is 24.0 Å². The summed E-state index contributed by atoms with van der Waals surface area (Å²) in [6, 6.07) is 3.69. The number of pyridine rings is 1. The van der Waals surface area contributed by atoms with Crippen LogP contribution in [0.15, 0.2) is 30.0 Å². The van der Waals surface area contributed by atoms with Crippen LogP contribution in [0, 0.1) is 0 Å². The van der Waals surface area contributed by atoms with Crippen LogP contribution in [-0.2, 0) is 0 Å². The maximum absolute atomic E-state index is 11.7. The van der Waals surface area contributed by atoms with E-state index >= 15 is 0 Å². The fourth-order valence-electron chi connectivity index (χ4n) is 2.46. The maximum Gasteiger partial charge on any atom is 0.269 e. The molecule has 0 bridgehead atoms. The highest BCUT2D eigenvalue weighted by Crippen LogP contribution is 2.20. The van der Waals surface area contributed by atoms with Gasteiger partial charge in [-0.15, -0.1) is 0 Å². The Morgan fingerprint density at radius 3 is 2.86 bits per heavy atom. The molecule has 4 nitrogen and oxygen atoms in total. The molecule has 1 aliphatic rings. The molecule has 0 saturated heterocycles. The Labute approximate surface area is 127 Å². The number of hydrogen-bond donors (Lipinski definition) is 2. The Morgan fingerprint density at radius 2 is 2.19 bits per heavy atom. The van der Waals surface area contributed by atoms with Gasteiger partial charge in [-0.1, -0.05) is 18.6 Å². The van der Waals surface area contributed by atoms with Crippen molar-refractivity contribution in [1.82, 2.24) is 10.3 Å². The van der Waals surface area contributed by atoms with Crippen molar-refractivity contribution in [3.63, 3.8) is 0 Å². The van der Waals surface area contributed by atoms with Crippen molar-refractivity contribution in [2.24, 2.45) is 0 Å². The Hall–Kier alpha value is -1.84. The third-order valence-corrected chi connectivity index (χ3v) is 3.69. The first-order chi connectivity index (χ1) is 10.3. The summed E-state index contributed by atoms with van der Waals surface area (Å²) >= 11 is 0. The number of nitrogens with zero attached hydrogens (tertiary/aromatic N) is 1. The summed E-state index contributed by atoms with van der Waals surface area (Å²) in [5.41, 5.74) is 3.01. The topological polar surface area (TPSA) is 54.0 Å². The lowest BCUT2D eigenvalue weighted by atomic mass is 9.97. The van der Waals surface area contributed by atoms with E-state index in [0.717, 1.165) is 25.1 Å². The largest absolute Gasteiger partial charge is 0.383 e. The second-order valence-electron chi connectivity index (χ2n) is 5.47. The Morgan fingerprint density at radius 1 is 1.29 bits per heavy atom. The molecule has 1 aliphatic carbocycles. The normalized spacial score (nSPS) is 14.4. The first kappa shape index (κ1) is 15.5. The van der Waals surface area contributed by atoms with Gasteiger partial charge in [0, 0.05) is 13.1 Å². The summed E-state index contributed by atoms with van der Waals surface area (Å²) in [7, 11) is 0. The van der Waals surface area contributed by atoms with Crippen LogP contribution in [0.3, 0.4) is 0 Å². The lowest BCUT2D eigenvalue weighted by Crippen LogP contribution is -2.24. The van der Waals surface area contributed by atoms with Gasteiger partial charge >= 0.3 is 0 Å². The standard InChI is InChI=1S/C17H25N3O/c1-2-11-19-17(21)16-9-8-15(13-20-16)18-12-10-14-6-4-3-5-7-14/h6,8-9,13,18H,2-5,7,10-12H2,1H3,(H,19,21). The van der Waals surface area contributed by atoms with E-state index in [-0.39, 0.29) is 5.91 Å². The molecule has 0 radical (unpaired) electrons. The second-order valence-corrected chi connectivity index (χ2v) is 5.47. The summed E-state index contributed by atoms with van der Waals surface area (Å²) in [4.78, 5) is 15.9. The molecule has 114 valence electrons. The summed E-state index contributed by atoms with van der Waals surface area (Å²) in [6.45, 7) is 3.65. The van der Waals surface area contributed by atoms with Gasteiger partial charge in [0.25, 0.3) is 5.91 Å². The number of rotatable bonds is 7. The summed E-state index contributed by atoms with van der Waals surface area (Å²) in [5.74, 6) is -0.101. The fourth-order valence-corrected chi connectivity index (χ4v) is 2.46. The number of hydrogen-bond acceptors (Lipinski definition) is 3. The highest BCUT2D eigenvalue weighted by Gasteiger charge is 2.06. The van der Waals surface area contributed by atoms with E-state index < -0.39 is 0 Å². The van der Waals surface area contributed by atoms with Crippen molar-refractivity contribution < 1.29 is 4.79 Å². The summed E-state index contributed by atoms with van der Waals surface area (Å²) in [5, 5.41) is 6.19. The summed E-state index contributed by atoms with van der Waals surface area (Å²) in [6.07, 6.45) is 11.3. The van der Waals surface area contributed by atoms with Crippen LogP contribution in [0.4, 0.5) is 5.69 Å². The van der Waals surface area contributed by atoms with E-state index in [4.69, 9.17) is 0 Å². The van der Waals surface area contributed by atoms with Gasteiger partial charge < -0.3 is 10.6 Å². The van der Waals surface area contributed by atoms with E-state index in [1.807, 2.05) is 13.0 Å². The van der Waals surface area contributed by atoms with Crippen molar-refractivity contribution >= 4 is 11.6 Å². The number of amides is 1. The van der Waals surface area contributed by atoms with Crippen molar-refractivity contribution in [2.45, 2.75) is 45.4 Å². The SMILES string of the molecule is CCCNC(=O)c1ccc(NCCC2=CCCCC2)cn1. The van der Waals surface area contributed by atoms with Crippen LogP contribution >= 0.6 is 0 Å². The minimum absolute atomic E-state index is 0.101. The Balaban J connectivity index is 1.76. The fraction of sp³-hybridized carbons (Fsp3) is 0.529. The van der Waals surface area contributed by atoms with Gasteiger partial charge in [-0.25, -0.2) is 4.98 Å². The van der Waals surface area contributed by atoms with Gasteiger partial charge in [-0.05, 0) is 50.7 Å². The molecule has 2 rings (SSSR count). The highest BCUT2D eigenvalue weighted by molar-refractivity contribution is 5.92. The smallest absolute Gasteiger partial charge is 0.269 e. The first-order valence-corrected chi connectivity index (χ1v) is 7.95. The molecular weight excluding hydrogens is 262 g/mol. The minimum Gasteiger partial charge on any atom is -0.383 e. The zero-order chi connectivity index (χ0) is 14.9. The molecule has 1 amide bonds. The van der Waals surface area contributed by atoms with Crippen molar-refractivity contribution in [3.05, 3.63) is 35.7 Å². The predicted octanol–water partition coefficient (Wildman–Crippen LogP) is 3.52. The van der Waals surface area contributed by atoms with E-state index in [9.17, 15) is 4.79 Å². The minimum atomic E-state index is -0.101. The van der Waals surface area contributed by atoms with E-state index in [2.05, 4.69) is 21.7 Å². The zero-order valence-corrected chi connectivity index (χ0v) is 12.8. The van der Waals surface area contributed by atoms with Crippen molar-refractivity contribution in [1.29, 1.82) is 0 Å². The summed E-state index contributed by atoms with van der Waals surface area (Å²) < 4.78 is 0. The molecule has 0 aromatic carbocycles. The lowest BCUT2D eigenvalue weighted by Gasteiger charge is -2.13. The lowest BCUT2D eigenvalue weighted by molar-refractivity contribution is 0.0949. The molecule has 1 heterocycles. The second kappa shape index (κ2) is 8.45. The molecule has 0 atom stereocenters. The van der Waals surface area contributed by atoms with Gasteiger partial charge in [-0.2, -0.15) is 0 Å². The number of anilines is 1. The van der Waals surface area contributed by atoms with Crippen LogP contribution in [0.5, 0.6) is 0 Å². The quantitative estimate of drug-likeness (QED) is 0.754. The first-order valence-electron chi connectivity index (χ1n) is 7.95. The molecule has 0 saturated carbocycles. The number of allylic oxidation sites excluding steroid dienone is 1. The van der Waals surface area contributed by atoms with Gasteiger partial charge in [0.2, 0.25) is 0 Å². The van der Waals surface area contributed by atoms with Gasteiger partial charge in [0.05, 0.1) is 11.9 Å². The Kier molecular flexibility index (Phi) is 6.25. The monoisotopic (exact) mass is 287 g/mol. The zero-order valence-electron chi connectivity index (χ0n) is 12.8. The highest BCUT2D eigenvalue weighted by atomic mass is 16.1.